The zero-order valence-electron chi connectivity index (χ0n) is 14.4. The van der Waals surface area contributed by atoms with Gasteiger partial charge in [0, 0.05) is 32.4 Å². The average molecular weight is 317 g/mol. The quantitative estimate of drug-likeness (QED) is 0.841. The third-order valence-corrected chi connectivity index (χ3v) is 4.53. The highest BCUT2D eigenvalue weighted by molar-refractivity contribution is 5.99. The molecule has 0 saturated carbocycles. The Kier molecular flexibility index (Phi) is 4.57. The first-order valence-corrected chi connectivity index (χ1v) is 8.63. The summed E-state index contributed by atoms with van der Waals surface area (Å²) in [7, 11) is 0. The number of ether oxygens (including phenoxy) is 1. The van der Waals surface area contributed by atoms with Crippen molar-refractivity contribution >= 4 is 11.7 Å². The summed E-state index contributed by atoms with van der Waals surface area (Å²) in [5.41, 5.74) is 0.417. The predicted octanol–water partition coefficient (Wildman–Crippen LogP) is 2.71. The van der Waals surface area contributed by atoms with Crippen molar-refractivity contribution in [2.24, 2.45) is 0 Å². The van der Waals surface area contributed by atoms with Crippen molar-refractivity contribution in [2.75, 3.05) is 31.1 Å². The number of rotatable bonds is 2. The monoisotopic (exact) mass is 317 g/mol. The highest BCUT2D eigenvalue weighted by atomic mass is 16.5. The van der Waals surface area contributed by atoms with Gasteiger partial charge < -0.3 is 14.5 Å². The number of pyridine rings is 1. The van der Waals surface area contributed by atoms with Gasteiger partial charge in [0.1, 0.15) is 5.82 Å². The minimum Gasteiger partial charge on any atom is -0.369 e. The van der Waals surface area contributed by atoms with Crippen LogP contribution in [-0.2, 0) is 4.74 Å². The Hall–Kier alpha value is -1.62. The zero-order chi connectivity index (χ0) is 16.4. The molecule has 126 valence electrons. The molecule has 0 N–H and O–H groups in total. The van der Waals surface area contributed by atoms with E-state index in [1.807, 2.05) is 37.8 Å². The van der Waals surface area contributed by atoms with Crippen molar-refractivity contribution in [3.8, 4) is 0 Å². The van der Waals surface area contributed by atoms with Crippen LogP contribution in [0.25, 0.3) is 0 Å². The summed E-state index contributed by atoms with van der Waals surface area (Å²) in [6.45, 7) is 9.33. The molecule has 0 bridgehead atoms. The molecule has 5 heteroatoms. The van der Waals surface area contributed by atoms with Gasteiger partial charge in [0.15, 0.2) is 0 Å². The smallest absolute Gasteiger partial charge is 0.257 e. The van der Waals surface area contributed by atoms with Crippen LogP contribution in [0.15, 0.2) is 18.3 Å². The molecule has 0 radical (unpaired) electrons. The van der Waals surface area contributed by atoms with Crippen molar-refractivity contribution in [1.29, 1.82) is 0 Å². The van der Waals surface area contributed by atoms with Gasteiger partial charge >= 0.3 is 0 Å². The lowest BCUT2D eigenvalue weighted by molar-refractivity contribution is -0.118. The molecule has 3 heterocycles. The highest BCUT2D eigenvalue weighted by Crippen LogP contribution is 2.26. The second-order valence-electron chi connectivity index (χ2n) is 7.30. The fraction of sp³-hybridized carbons (Fsp3) is 0.667. The van der Waals surface area contributed by atoms with Crippen molar-refractivity contribution < 1.29 is 9.53 Å². The van der Waals surface area contributed by atoms with Gasteiger partial charge in [-0.25, -0.2) is 4.98 Å². The van der Waals surface area contributed by atoms with E-state index in [-0.39, 0.29) is 17.6 Å². The van der Waals surface area contributed by atoms with Gasteiger partial charge in [0.25, 0.3) is 5.91 Å². The molecule has 0 aliphatic carbocycles. The van der Waals surface area contributed by atoms with E-state index in [2.05, 4.69) is 9.88 Å². The summed E-state index contributed by atoms with van der Waals surface area (Å²) in [5, 5.41) is 0. The predicted molar refractivity (Wildman–Crippen MR) is 90.8 cm³/mol. The molecule has 23 heavy (non-hydrogen) atoms. The molecule has 2 fully saturated rings. The van der Waals surface area contributed by atoms with Crippen LogP contribution in [0.4, 0.5) is 5.82 Å². The van der Waals surface area contributed by atoms with E-state index in [1.165, 1.54) is 19.3 Å². The van der Waals surface area contributed by atoms with E-state index in [0.29, 0.717) is 13.1 Å². The molecule has 1 amide bonds. The Morgan fingerprint density at radius 3 is 2.74 bits per heavy atom. The molecule has 2 aliphatic heterocycles. The van der Waals surface area contributed by atoms with Crippen molar-refractivity contribution in [1.82, 2.24) is 9.88 Å². The van der Waals surface area contributed by atoms with Crippen molar-refractivity contribution in [3.63, 3.8) is 0 Å². The van der Waals surface area contributed by atoms with Crippen LogP contribution >= 0.6 is 0 Å². The minimum atomic E-state index is -0.305. The van der Waals surface area contributed by atoms with Crippen LogP contribution in [0.5, 0.6) is 0 Å². The van der Waals surface area contributed by atoms with Gasteiger partial charge in [-0.15, -0.1) is 0 Å². The summed E-state index contributed by atoms with van der Waals surface area (Å²) >= 11 is 0. The maximum absolute atomic E-state index is 13.1. The number of hydrogen-bond donors (Lipinski definition) is 0. The molecule has 0 unspecified atom stereocenters. The number of morpholine rings is 1. The summed E-state index contributed by atoms with van der Waals surface area (Å²) in [6.07, 6.45) is 5.45. The molecule has 1 aromatic rings. The van der Waals surface area contributed by atoms with Gasteiger partial charge in [-0.2, -0.15) is 0 Å². The summed E-state index contributed by atoms with van der Waals surface area (Å²) in [4.78, 5) is 21.8. The fourth-order valence-corrected chi connectivity index (χ4v) is 3.70. The van der Waals surface area contributed by atoms with Gasteiger partial charge in [-0.1, -0.05) is 0 Å². The first-order valence-electron chi connectivity index (χ1n) is 8.63. The summed E-state index contributed by atoms with van der Waals surface area (Å²) in [6, 6.07) is 3.77. The third-order valence-electron chi connectivity index (χ3n) is 4.53. The van der Waals surface area contributed by atoms with E-state index in [0.717, 1.165) is 24.5 Å². The number of carbonyl (C=O) groups excluding carboxylic acids is 1. The van der Waals surface area contributed by atoms with E-state index in [9.17, 15) is 4.79 Å². The number of nitrogens with zero attached hydrogens (tertiary/aromatic N) is 3. The molecule has 1 aromatic heterocycles. The van der Waals surface area contributed by atoms with Gasteiger partial charge in [0.2, 0.25) is 0 Å². The Labute approximate surface area is 138 Å². The second-order valence-corrected chi connectivity index (χ2v) is 7.30. The number of anilines is 1. The van der Waals surface area contributed by atoms with Crippen LogP contribution in [-0.4, -0.2) is 53.7 Å². The molecular formula is C18H27N3O2. The standard InChI is InChI=1S/C18H27N3O2/c1-14-12-21(13-18(2,3)23-14)17(22)15-8-7-9-19-16(15)20-10-5-4-6-11-20/h7-9,14H,4-6,10-13H2,1-3H3/t14-/m0/s1. The Morgan fingerprint density at radius 2 is 2.04 bits per heavy atom. The highest BCUT2D eigenvalue weighted by Gasteiger charge is 2.35. The van der Waals surface area contributed by atoms with E-state index < -0.39 is 0 Å². The molecule has 3 rings (SSSR count). The average Bonchev–Trinajstić information content (AvgIpc) is 2.53. The van der Waals surface area contributed by atoms with E-state index in [1.54, 1.807) is 6.20 Å². The van der Waals surface area contributed by atoms with Gasteiger partial charge in [-0.05, 0) is 52.2 Å². The maximum Gasteiger partial charge on any atom is 0.257 e. The third kappa shape index (κ3) is 3.66. The normalized spacial score (nSPS) is 24.6. The van der Waals surface area contributed by atoms with Gasteiger partial charge in [-0.3, -0.25) is 4.79 Å². The second kappa shape index (κ2) is 6.48. The largest absolute Gasteiger partial charge is 0.369 e. The van der Waals surface area contributed by atoms with E-state index in [4.69, 9.17) is 4.74 Å². The SMILES string of the molecule is C[C@H]1CN(C(=O)c2cccnc2N2CCCCC2)CC(C)(C)O1. The van der Waals surface area contributed by atoms with Crippen LogP contribution < -0.4 is 4.90 Å². The van der Waals surface area contributed by atoms with E-state index >= 15 is 0 Å². The molecule has 0 spiro atoms. The fourth-order valence-electron chi connectivity index (χ4n) is 3.70. The topological polar surface area (TPSA) is 45.7 Å². The number of piperidine rings is 1. The number of hydrogen-bond acceptors (Lipinski definition) is 4. The molecular weight excluding hydrogens is 290 g/mol. The molecule has 1 atom stereocenters. The molecule has 2 saturated heterocycles. The number of amides is 1. The molecule has 2 aliphatic rings. The van der Waals surface area contributed by atoms with Crippen molar-refractivity contribution in [3.05, 3.63) is 23.9 Å². The van der Waals surface area contributed by atoms with Crippen LogP contribution in [0.1, 0.15) is 50.4 Å². The van der Waals surface area contributed by atoms with Gasteiger partial charge in [0.05, 0.1) is 17.3 Å². The van der Waals surface area contributed by atoms with Crippen molar-refractivity contribution in [2.45, 2.75) is 51.7 Å². The molecule has 0 aromatic carbocycles. The molecule has 5 nitrogen and oxygen atoms in total. The summed E-state index contributed by atoms with van der Waals surface area (Å²) < 4.78 is 5.92. The lowest BCUT2D eigenvalue weighted by Crippen LogP contribution is -2.54. The van der Waals surface area contributed by atoms with Crippen LogP contribution in [0, 0.1) is 0 Å². The zero-order valence-corrected chi connectivity index (χ0v) is 14.4. The summed E-state index contributed by atoms with van der Waals surface area (Å²) in [5.74, 6) is 0.913. The van der Waals surface area contributed by atoms with Crippen LogP contribution in [0.2, 0.25) is 0 Å². The maximum atomic E-state index is 13.1. The number of carbonyl (C=O) groups is 1. The Bertz CT molecular complexity index is 567. The number of aromatic nitrogens is 1. The van der Waals surface area contributed by atoms with Crippen LogP contribution in [0.3, 0.4) is 0 Å². The first-order chi connectivity index (χ1) is 11.0. The lowest BCUT2D eigenvalue weighted by atomic mass is 10.0. The Balaban J connectivity index is 1.84. The first kappa shape index (κ1) is 16.2. The lowest BCUT2D eigenvalue weighted by Gasteiger charge is -2.42. The minimum absolute atomic E-state index is 0.0535. The Morgan fingerprint density at radius 1 is 1.30 bits per heavy atom.